The molecule has 6 heteroatoms. The first-order valence-electron chi connectivity index (χ1n) is 9.75. The lowest BCUT2D eigenvalue weighted by Crippen LogP contribution is -2.31. The number of rotatable bonds is 6. The molecule has 2 aromatic carbocycles. The van der Waals surface area contributed by atoms with Crippen LogP contribution < -0.4 is 10.1 Å². The number of nitrogens with one attached hydrogen (secondary N) is 1. The molecule has 4 rings (SSSR count). The molecular formula is C23H24N2O3S. The van der Waals surface area contributed by atoms with Crippen molar-refractivity contribution in [3.05, 3.63) is 76.7 Å². The van der Waals surface area contributed by atoms with Gasteiger partial charge < -0.3 is 14.6 Å². The van der Waals surface area contributed by atoms with Gasteiger partial charge in [-0.1, -0.05) is 35.5 Å². The highest BCUT2D eigenvalue weighted by atomic mass is 32.2. The lowest BCUT2D eigenvalue weighted by Gasteiger charge is -2.25. The molecule has 0 saturated heterocycles. The van der Waals surface area contributed by atoms with E-state index in [1.165, 1.54) is 10.5 Å². The second kappa shape index (κ2) is 8.74. The maximum atomic E-state index is 12.6. The van der Waals surface area contributed by atoms with Gasteiger partial charge in [0.1, 0.15) is 18.1 Å². The molecule has 1 amide bonds. The van der Waals surface area contributed by atoms with E-state index in [9.17, 15) is 4.79 Å². The number of aryl methyl sites for hydroxylation is 2. The number of benzene rings is 2. The Morgan fingerprint density at radius 3 is 2.76 bits per heavy atom. The fourth-order valence-electron chi connectivity index (χ4n) is 3.49. The Morgan fingerprint density at radius 1 is 1.21 bits per heavy atom. The van der Waals surface area contributed by atoms with Crippen LogP contribution in [0.3, 0.4) is 0 Å². The van der Waals surface area contributed by atoms with E-state index < -0.39 is 0 Å². The molecule has 3 aromatic rings. The van der Waals surface area contributed by atoms with Crippen LogP contribution in [0.15, 0.2) is 57.9 Å². The zero-order valence-electron chi connectivity index (χ0n) is 16.6. The molecule has 0 aliphatic carbocycles. The van der Waals surface area contributed by atoms with Crippen LogP contribution in [0.4, 0.5) is 0 Å². The Morgan fingerprint density at radius 2 is 2.00 bits per heavy atom. The van der Waals surface area contributed by atoms with Crippen LogP contribution in [0.25, 0.3) is 0 Å². The molecule has 2 heterocycles. The molecule has 1 aliphatic heterocycles. The largest absolute Gasteiger partial charge is 0.489 e. The third kappa shape index (κ3) is 4.65. The molecule has 5 nitrogen and oxygen atoms in total. The number of hydrogen-bond acceptors (Lipinski definition) is 5. The van der Waals surface area contributed by atoms with Crippen molar-refractivity contribution < 1.29 is 14.1 Å². The number of aromatic nitrogens is 1. The van der Waals surface area contributed by atoms with Crippen molar-refractivity contribution in [2.45, 2.75) is 44.2 Å². The Balaban J connectivity index is 1.33. The summed E-state index contributed by atoms with van der Waals surface area (Å²) >= 11 is 1.86. The average Bonchev–Trinajstić information content (AvgIpc) is 3.05. The molecule has 0 fully saturated rings. The maximum Gasteiger partial charge on any atom is 0.224 e. The van der Waals surface area contributed by atoms with Crippen molar-refractivity contribution >= 4 is 17.7 Å². The summed E-state index contributed by atoms with van der Waals surface area (Å²) in [5, 5.41) is 7.13. The van der Waals surface area contributed by atoms with Crippen LogP contribution in [0.1, 0.15) is 40.6 Å². The standard InChI is InChI=1S/C23H24N2O3S/c1-15-20(16(2)28-25-15)14-27-18-9-7-17(8-10-18)13-23(26)24-21-11-12-29-22-6-4-3-5-19(21)22/h3-10,21H,11-14H2,1-2H3,(H,24,26)/t21-/m0/s1. The summed E-state index contributed by atoms with van der Waals surface area (Å²) in [5.41, 5.74) is 4.00. The minimum absolute atomic E-state index is 0.0427. The Hall–Kier alpha value is -2.73. The molecule has 0 radical (unpaired) electrons. The third-order valence-electron chi connectivity index (χ3n) is 5.15. The second-order valence-corrected chi connectivity index (χ2v) is 8.34. The van der Waals surface area contributed by atoms with Gasteiger partial charge in [-0.2, -0.15) is 0 Å². The van der Waals surface area contributed by atoms with Crippen molar-refractivity contribution in [1.82, 2.24) is 10.5 Å². The summed E-state index contributed by atoms with van der Waals surface area (Å²) in [4.78, 5) is 13.8. The minimum atomic E-state index is 0.0427. The molecule has 1 N–H and O–H groups in total. The Kier molecular flexibility index (Phi) is 5.90. The zero-order chi connectivity index (χ0) is 20.2. The van der Waals surface area contributed by atoms with Crippen molar-refractivity contribution in [2.24, 2.45) is 0 Å². The fourth-order valence-corrected chi connectivity index (χ4v) is 4.61. The van der Waals surface area contributed by atoms with Crippen molar-refractivity contribution in [2.75, 3.05) is 5.75 Å². The van der Waals surface area contributed by atoms with Gasteiger partial charge in [-0.15, -0.1) is 11.8 Å². The summed E-state index contributed by atoms with van der Waals surface area (Å²) in [5.74, 6) is 2.60. The number of ether oxygens (including phenoxy) is 1. The Labute approximate surface area is 174 Å². The molecule has 150 valence electrons. The van der Waals surface area contributed by atoms with Crippen molar-refractivity contribution in [3.63, 3.8) is 0 Å². The van der Waals surface area contributed by atoms with Gasteiger partial charge in [0.2, 0.25) is 5.91 Å². The molecule has 1 aliphatic rings. The van der Waals surface area contributed by atoms with E-state index in [4.69, 9.17) is 9.26 Å². The lowest BCUT2D eigenvalue weighted by molar-refractivity contribution is -0.121. The first kappa shape index (κ1) is 19.6. The van der Waals surface area contributed by atoms with Gasteiger partial charge in [0.25, 0.3) is 0 Å². The van der Waals surface area contributed by atoms with Crippen LogP contribution >= 0.6 is 11.8 Å². The first-order valence-corrected chi connectivity index (χ1v) is 10.7. The second-order valence-electron chi connectivity index (χ2n) is 7.21. The summed E-state index contributed by atoms with van der Waals surface area (Å²) in [6.07, 6.45) is 1.32. The van der Waals surface area contributed by atoms with Crippen LogP contribution in [0.2, 0.25) is 0 Å². The summed E-state index contributed by atoms with van der Waals surface area (Å²) in [6.45, 7) is 4.20. The van der Waals surface area contributed by atoms with Crippen LogP contribution in [-0.4, -0.2) is 16.8 Å². The smallest absolute Gasteiger partial charge is 0.224 e. The highest BCUT2D eigenvalue weighted by Gasteiger charge is 2.21. The monoisotopic (exact) mass is 408 g/mol. The summed E-state index contributed by atoms with van der Waals surface area (Å²) in [7, 11) is 0. The molecule has 1 atom stereocenters. The van der Waals surface area contributed by atoms with Crippen molar-refractivity contribution in [1.29, 1.82) is 0 Å². The fraction of sp³-hybridized carbons (Fsp3) is 0.304. The van der Waals surface area contributed by atoms with E-state index in [1.807, 2.05) is 62.0 Å². The van der Waals surface area contributed by atoms with Gasteiger partial charge in [0.05, 0.1) is 23.7 Å². The van der Waals surface area contributed by atoms with Gasteiger partial charge in [-0.25, -0.2) is 0 Å². The van der Waals surface area contributed by atoms with Crippen LogP contribution in [0, 0.1) is 13.8 Å². The molecule has 0 bridgehead atoms. The highest BCUT2D eigenvalue weighted by Crippen LogP contribution is 2.35. The Bertz CT molecular complexity index is 978. The normalized spacial score (nSPS) is 15.6. The number of carbonyl (C=O) groups is 1. The van der Waals surface area contributed by atoms with Crippen LogP contribution in [0.5, 0.6) is 5.75 Å². The summed E-state index contributed by atoms with van der Waals surface area (Å²) < 4.78 is 11.0. The third-order valence-corrected chi connectivity index (χ3v) is 6.27. The first-order chi connectivity index (χ1) is 14.1. The van der Waals surface area contributed by atoms with E-state index >= 15 is 0 Å². The molecule has 29 heavy (non-hydrogen) atoms. The van der Waals surface area contributed by atoms with Gasteiger partial charge in [-0.05, 0) is 49.6 Å². The van der Waals surface area contributed by atoms with Gasteiger partial charge >= 0.3 is 0 Å². The number of amides is 1. The van der Waals surface area contributed by atoms with E-state index in [0.29, 0.717) is 13.0 Å². The van der Waals surface area contributed by atoms with E-state index in [2.05, 4.69) is 22.6 Å². The average molecular weight is 409 g/mol. The van der Waals surface area contributed by atoms with E-state index in [-0.39, 0.29) is 11.9 Å². The maximum absolute atomic E-state index is 12.6. The summed E-state index contributed by atoms with van der Waals surface area (Å²) in [6, 6.07) is 16.1. The topological polar surface area (TPSA) is 64.4 Å². The molecule has 0 saturated carbocycles. The van der Waals surface area contributed by atoms with Crippen LogP contribution in [-0.2, 0) is 17.8 Å². The van der Waals surface area contributed by atoms with E-state index in [1.54, 1.807) is 0 Å². The number of thioether (sulfide) groups is 1. The number of carbonyl (C=O) groups excluding carboxylic acids is 1. The van der Waals surface area contributed by atoms with Gasteiger partial charge in [-0.3, -0.25) is 4.79 Å². The lowest BCUT2D eigenvalue weighted by atomic mass is 10.0. The van der Waals surface area contributed by atoms with E-state index in [0.717, 1.165) is 40.5 Å². The molecular weight excluding hydrogens is 384 g/mol. The zero-order valence-corrected chi connectivity index (χ0v) is 17.4. The minimum Gasteiger partial charge on any atom is -0.489 e. The number of nitrogens with zero attached hydrogens (tertiary/aromatic N) is 1. The predicted octanol–water partition coefficient (Wildman–Crippen LogP) is 4.77. The molecule has 1 aromatic heterocycles. The highest BCUT2D eigenvalue weighted by molar-refractivity contribution is 7.99. The van der Waals surface area contributed by atoms with Gasteiger partial charge in [0, 0.05) is 10.6 Å². The number of hydrogen-bond donors (Lipinski definition) is 1. The van der Waals surface area contributed by atoms with Gasteiger partial charge in [0.15, 0.2) is 0 Å². The predicted molar refractivity (Wildman–Crippen MR) is 113 cm³/mol. The number of fused-ring (bicyclic) bond motifs is 1. The van der Waals surface area contributed by atoms with Crippen molar-refractivity contribution in [3.8, 4) is 5.75 Å². The molecule has 0 spiro atoms. The molecule has 0 unspecified atom stereocenters. The quantitative estimate of drug-likeness (QED) is 0.637. The SMILES string of the molecule is Cc1noc(C)c1COc1ccc(CC(=O)N[C@H]2CCSc3ccccc32)cc1.